The molecule has 0 saturated carbocycles. The first-order chi connectivity index (χ1) is 9.22. The Morgan fingerprint density at radius 3 is 2.79 bits per heavy atom. The van der Waals surface area contributed by atoms with Crippen LogP contribution >= 0.6 is 11.6 Å². The lowest BCUT2D eigenvalue weighted by Gasteiger charge is -2.19. The normalized spacial score (nSPS) is 13.1. The summed E-state index contributed by atoms with van der Waals surface area (Å²) in [5.74, 6) is 1.15. The summed E-state index contributed by atoms with van der Waals surface area (Å²) in [7, 11) is 0. The molecule has 2 aromatic rings. The van der Waals surface area contributed by atoms with E-state index in [1.807, 2.05) is 6.07 Å². The number of nitrogens with zero attached hydrogens (tertiary/aromatic N) is 2. The second-order valence-electron chi connectivity index (χ2n) is 4.80. The Kier molecular flexibility index (Phi) is 4.81. The van der Waals surface area contributed by atoms with Crippen molar-refractivity contribution in [2.75, 3.05) is 5.88 Å². The zero-order valence-corrected chi connectivity index (χ0v) is 12.3. The van der Waals surface area contributed by atoms with E-state index in [2.05, 4.69) is 23.4 Å². The van der Waals surface area contributed by atoms with Gasteiger partial charge in [0.2, 0.25) is 0 Å². The van der Waals surface area contributed by atoms with Crippen molar-refractivity contribution >= 4 is 22.6 Å². The lowest BCUT2D eigenvalue weighted by atomic mass is 10.1. The van der Waals surface area contributed by atoms with Gasteiger partial charge in [0.15, 0.2) is 5.82 Å². The number of halogens is 2. The smallest absolute Gasteiger partial charge is 0.151 e. The van der Waals surface area contributed by atoms with E-state index in [0.717, 1.165) is 30.6 Å². The van der Waals surface area contributed by atoms with Gasteiger partial charge in [0, 0.05) is 18.3 Å². The minimum atomic E-state index is -0.251. The molecule has 0 spiro atoms. The van der Waals surface area contributed by atoms with Crippen LogP contribution < -0.4 is 0 Å². The average Bonchev–Trinajstić information content (AvgIpc) is 2.76. The summed E-state index contributed by atoms with van der Waals surface area (Å²) >= 11 is 5.85. The molecule has 0 saturated heterocycles. The molecule has 1 atom stereocenters. The second kappa shape index (κ2) is 6.38. The molecule has 2 nitrogen and oxygen atoms in total. The first-order valence-corrected chi connectivity index (χ1v) is 7.47. The number of aryl methyl sites for hydroxylation is 1. The number of alkyl halides is 1. The third-order valence-corrected chi connectivity index (χ3v) is 3.71. The van der Waals surface area contributed by atoms with E-state index >= 15 is 0 Å². The van der Waals surface area contributed by atoms with E-state index in [1.165, 1.54) is 6.07 Å². The monoisotopic (exact) mass is 282 g/mol. The lowest BCUT2D eigenvalue weighted by molar-refractivity contribution is 0.445. The van der Waals surface area contributed by atoms with E-state index in [9.17, 15) is 4.39 Å². The summed E-state index contributed by atoms with van der Waals surface area (Å²) in [4.78, 5) is 4.46. The molecule has 0 amide bonds. The number of hydrogen-bond donors (Lipinski definition) is 0. The zero-order chi connectivity index (χ0) is 13.8. The highest BCUT2D eigenvalue weighted by Gasteiger charge is 2.18. The second-order valence-corrected chi connectivity index (χ2v) is 5.17. The Morgan fingerprint density at radius 1 is 1.37 bits per heavy atom. The summed E-state index contributed by atoms with van der Waals surface area (Å²) in [6, 6.07) is 5.53. The van der Waals surface area contributed by atoms with Gasteiger partial charge < -0.3 is 4.57 Å². The number of hydrogen-bond acceptors (Lipinski definition) is 1. The Balaban J connectivity index is 2.60. The van der Waals surface area contributed by atoms with Gasteiger partial charge in [-0.1, -0.05) is 26.3 Å². The molecule has 0 aliphatic heterocycles. The molecule has 104 valence electrons. The molecule has 2 rings (SSSR count). The molecule has 0 aliphatic carbocycles. The van der Waals surface area contributed by atoms with Crippen LogP contribution in [0.5, 0.6) is 0 Å². The van der Waals surface area contributed by atoms with Crippen LogP contribution in [0, 0.1) is 5.82 Å². The van der Waals surface area contributed by atoms with Crippen molar-refractivity contribution in [3.63, 3.8) is 0 Å². The number of imidazole rings is 1. The van der Waals surface area contributed by atoms with E-state index in [1.54, 1.807) is 6.07 Å². The lowest BCUT2D eigenvalue weighted by Crippen LogP contribution is -2.12. The topological polar surface area (TPSA) is 17.8 Å². The number of aromatic nitrogens is 2. The summed E-state index contributed by atoms with van der Waals surface area (Å²) < 4.78 is 16.0. The summed E-state index contributed by atoms with van der Waals surface area (Å²) in [5.41, 5.74) is 1.36. The molecular formula is C15H20ClFN2. The minimum absolute atomic E-state index is 0.251. The van der Waals surface area contributed by atoms with Gasteiger partial charge in [-0.3, -0.25) is 0 Å². The van der Waals surface area contributed by atoms with Crippen molar-refractivity contribution in [3.8, 4) is 0 Å². The molecule has 1 aromatic heterocycles. The SMILES string of the molecule is CCCC(CC)n1c(CCCl)nc2c(F)cccc21. The van der Waals surface area contributed by atoms with Gasteiger partial charge in [-0.15, -0.1) is 11.6 Å². The van der Waals surface area contributed by atoms with Crippen LogP contribution in [0.4, 0.5) is 4.39 Å². The van der Waals surface area contributed by atoms with Gasteiger partial charge in [0.05, 0.1) is 5.52 Å². The Bertz CT molecular complexity index is 550. The first kappa shape index (κ1) is 14.3. The Hall–Kier alpha value is -1.09. The highest BCUT2D eigenvalue weighted by Crippen LogP contribution is 2.28. The van der Waals surface area contributed by atoms with Gasteiger partial charge in [-0.2, -0.15) is 0 Å². The Labute approximate surface area is 118 Å². The first-order valence-electron chi connectivity index (χ1n) is 6.94. The van der Waals surface area contributed by atoms with Gasteiger partial charge in [0.1, 0.15) is 11.3 Å². The molecule has 0 N–H and O–H groups in total. The van der Waals surface area contributed by atoms with E-state index in [-0.39, 0.29) is 5.82 Å². The standard InChI is InChI=1S/C15H20ClFN2/c1-3-6-11(4-2)19-13-8-5-7-12(17)15(13)18-14(19)9-10-16/h5,7-8,11H,3-4,6,9-10H2,1-2H3. The zero-order valence-electron chi connectivity index (χ0n) is 11.5. The van der Waals surface area contributed by atoms with Crippen LogP contribution in [0.25, 0.3) is 11.0 Å². The van der Waals surface area contributed by atoms with E-state index in [4.69, 9.17) is 11.6 Å². The number of benzene rings is 1. The number of para-hydroxylation sites is 1. The fourth-order valence-corrected chi connectivity index (χ4v) is 2.82. The third kappa shape index (κ3) is 2.76. The molecule has 19 heavy (non-hydrogen) atoms. The van der Waals surface area contributed by atoms with E-state index < -0.39 is 0 Å². The quantitative estimate of drug-likeness (QED) is 0.702. The minimum Gasteiger partial charge on any atom is -0.325 e. The molecule has 0 fully saturated rings. The predicted molar refractivity (Wildman–Crippen MR) is 78.4 cm³/mol. The van der Waals surface area contributed by atoms with Crippen molar-refractivity contribution < 1.29 is 4.39 Å². The van der Waals surface area contributed by atoms with Crippen LogP contribution in [-0.2, 0) is 6.42 Å². The number of rotatable bonds is 6. The fourth-order valence-electron chi connectivity index (χ4n) is 2.65. The summed E-state index contributed by atoms with van der Waals surface area (Å²) in [6.45, 7) is 4.33. The molecule has 0 aliphatic rings. The molecule has 1 unspecified atom stereocenters. The van der Waals surface area contributed by atoms with Gasteiger partial charge in [-0.05, 0) is 25.0 Å². The van der Waals surface area contributed by atoms with Crippen LogP contribution in [0.3, 0.4) is 0 Å². The maximum atomic E-state index is 13.9. The van der Waals surface area contributed by atoms with E-state index in [0.29, 0.717) is 23.9 Å². The van der Waals surface area contributed by atoms with Crippen LogP contribution in [0.15, 0.2) is 18.2 Å². The van der Waals surface area contributed by atoms with Crippen molar-refractivity contribution in [2.24, 2.45) is 0 Å². The van der Waals surface area contributed by atoms with Crippen molar-refractivity contribution in [1.82, 2.24) is 9.55 Å². The Morgan fingerprint density at radius 2 is 2.16 bits per heavy atom. The molecule has 4 heteroatoms. The average molecular weight is 283 g/mol. The highest BCUT2D eigenvalue weighted by molar-refractivity contribution is 6.17. The van der Waals surface area contributed by atoms with Crippen molar-refractivity contribution in [2.45, 2.75) is 45.6 Å². The fraction of sp³-hybridized carbons (Fsp3) is 0.533. The number of fused-ring (bicyclic) bond motifs is 1. The molecule has 1 heterocycles. The molecule has 0 radical (unpaired) electrons. The summed E-state index contributed by atoms with van der Waals surface area (Å²) in [5, 5.41) is 0. The maximum absolute atomic E-state index is 13.9. The molecule has 1 aromatic carbocycles. The van der Waals surface area contributed by atoms with Crippen molar-refractivity contribution in [3.05, 3.63) is 29.8 Å². The van der Waals surface area contributed by atoms with Gasteiger partial charge in [-0.25, -0.2) is 9.37 Å². The predicted octanol–water partition coefficient (Wildman–Crippen LogP) is 4.71. The van der Waals surface area contributed by atoms with Gasteiger partial charge >= 0.3 is 0 Å². The largest absolute Gasteiger partial charge is 0.325 e. The van der Waals surface area contributed by atoms with Crippen LogP contribution in [0.2, 0.25) is 0 Å². The summed E-state index contributed by atoms with van der Waals surface area (Å²) in [6.07, 6.45) is 3.88. The highest BCUT2D eigenvalue weighted by atomic mass is 35.5. The molecular weight excluding hydrogens is 263 g/mol. The third-order valence-electron chi connectivity index (χ3n) is 3.52. The van der Waals surface area contributed by atoms with Crippen molar-refractivity contribution in [1.29, 1.82) is 0 Å². The van der Waals surface area contributed by atoms with Gasteiger partial charge in [0.25, 0.3) is 0 Å². The van der Waals surface area contributed by atoms with Crippen LogP contribution in [0.1, 0.15) is 45.0 Å². The molecule has 0 bridgehead atoms. The van der Waals surface area contributed by atoms with Crippen LogP contribution in [-0.4, -0.2) is 15.4 Å². The maximum Gasteiger partial charge on any atom is 0.151 e.